The van der Waals surface area contributed by atoms with Gasteiger partial charge in [0.05, 0.1) is 22.7 Å². The van der Waals surface area contributed by atoms with Crippen molar-refractivity contribution >= 4 is 27.6 Å². The maximum absolute atomic E-state index is 5.75. The van der Waals surface area contributed by atoms with Crippen LogP contribution in [0.3, 0.4) is 0 Å². The molecular weight excluding hydrogens is 264 g/mol. The van der Waals surface area contributed by atoms with Crippen molar-refractivity contribution in [1.29, 1.82) is 0 Å². The lowest BCUT2D eigenvalue weighted by Gasteiger charge is -2.02. The second-order valence-corrected chi connectivity index (χ2v) is 4.78. The van der Waals surface area contributed by atoms with Crippen molar-refractivity contribution in [3.63, 3.8) is 0 Å². The first-order valence-electron chi connectivity index (χ1n) is 6.56. The summed E-state index contributed by atoms with van der Waals surface area (Å²) in [5, 5.41) is 1.02. The Hall–Kier alpha value is -3.08. The number of para-hydroxylation sites is 1. The monoisotopic (exact) mass is 276 g/mol. The Labute approximate surface area is 120 Å². The summed E-state index contributed by atoms with van der Waals surface area (Å²) in [6, 6.07) is 15.7. The molecule has 4 rings (SSSR count). The van der Waals surface area contributed by atoms with E-state index in [4.69, 9.17) is 10.5 Å². The fourth-order valence-electron chi connectivity index (χ4n) is 2.27. The number of ether oxygens (including phenoxy) is 1. The molecule has 5 nitrogen and oxygen atoms in total. The summed E-state index contributed by atoms with van der Waals surface area (Å²) in [5.41, 5.74) is 9.03. The van der Waals surface area contributed by atoms with E-state index in [1.54, 1.807) is 6.20 Å². The molecular formula is C16H12N4O. The van der Waals surface area contributed by atoms with Crippen molar-refractivity contribution in [2.24, 2.45) is 0 Å². The summed E-state index contributed by atoms with van der Waals surface area (Å²) in [7, 11) is 0. The normalized spacial score (nSPS) is 11.0. The van der Waals surface area contributed by atoms with Crippen molar-refractivity contribution in [3.8, 4) is 11.8 Å². The number of rotatable bonds is 2. The Bertz CT molecular complexity index is 945. The average molecular weight is 276 g/mol. The molecule has 0 unspecified atom stereocenters. The Balaban J connectivity index is 1.71. The van der Waals surface area contributed by atoms with Gasteiger partial charge in [-0.2, -0.15) is 4.98 Å². The third-order valence-electron chi connectivity index (χ3n) is 3.26. The molecule has 0 spiro atoms. The van der Waals surface area contributed by atoms with Gasteiger partial charge in [0.1, 0.15) is 5.75 Å². The highest BCUT2D eigenvalue weighted by atomic mass is 16.5. The highest BCUT2D eigenvalue weighted by Crippen LogP contribution is 2.24. The molecule has 2 aromatic carbocycles. The molecule has 0 saturated carbocycles. The number of hydrogen-bond acceptors (Lipinski definition) is 4. The van der Waals surface area contributed by atoms with Crippen molar-refractivity contribution in [3.05, 3.63) is 54.7 Å². The molecule has 5 heteroatoms. The first-order valence-corrected chi connectivity index (χ1v) is 6.56. The molecule has 0 atom stereocenters. The van der Waals surface area contributed by atoms with E-state index in [9.17, 15) is 0 Å². The van der Waals surface area contributed by atoms with E-state index < -0.39 is 0 Å². The molecule has 0 aliphatic heterocycles. The summed E-state index contributed by atoms with van der Waals surface area (Å²) in [6.45, 7) is 0. The SMILES string of the molecule is Nc1ccc2nc(Oc3cnc4ccccc4c3)[nH]c2c1. The minimum atomic E-state index is 0.424. The standard InChI is InChI=1S/C16H12N4O/c17-11-5-6-14-15(8-11)20-16(19-14)21-12-7-10-3-1-2-4-13(10)18-9-12/h1-9H,17H2,(H,19,20). The van der Waals surface area contributed by atoms with Gasteiger partial charge in [0.2, 0.25) is 0 Å². The molecule has 0 fully saturated rings. The molecule has 21 heavy (non-hydrogen) atoms. The number of nitrogens with one attached hydrogen (secondary N) is 1. The maximum atomic E-state index is 5.75. The van der Waals surface area contributed by atoms with E-state index in [1.807, 2.05) is 48.5 Å². The summed E-state index contributed by atoms with van der Waals surface area (Å²) >= 11 is 0. The number of aromatic nitrogens is 3. The Morgan fingerprint density at radius 3 is 2.86 bits per heavy atom. The smallest absolute Gasteiger partial charge is 0.300 e. The van der Waals surface area contributed by atoms with Crippen LogP contribution >= 0.6 is 0 Å². The molecule has 4 aromatic rings. The average Bonchev–Trinajstić information content (AvgIpc) is 2.88. The number of benzene rings is 2. The zero-order valence-corrected chi connectivity index (χ0v) is 11.1. The van der Waals surface area contributed by atoms with Crippen molar-refractivity contribution in [2.75, 3.05) is 5.73 Å². The fourth-order valence-corrected chi connectivity index (χ4v) is 2.27. The molecule has 2 heterocycles. The van der Waals surface area contributed by atoms with Gasteiger partial charge in [-0.3, -0.25) is 4.98 Å². The number of nitrogens with zero attached hydrogens (tertiary/aromatic N) is 2. The van der Waals surface area contributed by atoms with Gasteiger partial charge in [0, 0.05) is 11.1 Å². The van der Waals surface area contributed by atoms with Gasteiger partial charge in [-0.05, 0) is 30.3 Å². The number of hydrogen-bond donors (Lipinski definition) is 2. The van der Waals surface area contributed by atoms with Gasteiger partial charge in [0.25, 0.3) is 6.01 Å². The van der Waals surface area contributed by atoms with E-state index >= 15 is 0 Å². The van der Waals surface area contributed by atoms with Gasteiger partial charge >= 0.3 is 0 Å². The predicted octanol–water partition coefficient (Wildman–Crippen LogP) is 3.49. The lowest BCUT2D eigenvalue weighted by Crippen LogP contribution is -1.87. The second-order valence-electron chi connectivity index (χ2n) is 4.78. The third kappa shape index (κ3) is 2.14. The van der Waals surface area contributed by atoms with Crippen molar-refractivity contribution < 1.29 is 4.74 Å². The number of nitrogens with two attached hydrogens (primary N) is 1. The van der Waals surface area contributed by atoms with E-state index in [1.165, 1.54) is 0 Å². The third-order valence-corrected chi connectivity index (χ3v) is 3.26. The van der Waals surface area contributed by atoms with Crippen molar-refractivity contribution in [2.45, 2.75) is 0 Å². The molecule has 2 aromatic heterocycles. The Morgan fingerprint density at radius 1 is 1.00 bits per heavy atom. The number of anilines is 1. The molecule has 0 aliphatic carbocycles. The van der Waals surface area contributed by atoms with Crippen LogP contribution in [-0.4, -0.2) is 15.0 Å². The Kier molecular flexibility index (Phi) is 2.50. The van der Waals surface area contributed by atoms with Crippen LogP contribution in [-0.2, 0) is 0 Å². The minimum Gasteiger partial charge on any atom is -0.424 e. The summed E-state index contributed by atoms with van der Waals surface area (Å²) < 4.78 is 5.74. The molecule has 0 aliphatic rings. The number of pyridine rings is 1. The first kappa shape index (κ1) is 11.7. The zero-order chi connectivity index (χ0) is 14.2. The number of fused-ring (bicyclic) bond motifs is 2. The molecule has 102 valence electrons. The van der Waals surface area contributed by atoms with Crippen LogP contribution in [0.1, 0.15) is 0 Å². The molecule has 0 radical (unpaired) electrons. The molecule has 0 saturated heterocycles. The van der Waals surface area contributed by atoms with Gasteiger partial charge < -0.3 is 15.5 Å². The summed E-state index contributed by atoms with van der Waals surface area (Å²) in [5.74, 6) is 0.640. The molecule has 0 amide bonds. The summed E-state index contributed by atoms with van der Waals surface area (Å²) in [4.78, 5) is 11.8. The zero-order valence-electron chi connectivity index (χ0n) is 11.1. The van der Waals surface area contributed by atoms with E-state index in [-0.39, 0.29) is 0 Å². The second kappa shape index (κ2) is 4.49. The van der Waals surface area contributed by atoms with Gasteiger partial charge in [-0.15, -0.1) is 0 Å². The topological polar surface area (TPSA) is 76.8 Å². The van der Waals surface area contributed by atoms with E-state index in [0.717, 1.165) is 21.9 Å². The van der Waals surface area contributed by atoms with E-state index in [2.05, 4.69) is 15.0 Å². The van der Waals surface area contributed by atoms with Crippen LogP contribution in [0.25, 0.3) is 21.9 Å². The van der Waals surface area contributed by atoms with Crippen LogP contribution < -0.4 is 10.5 Å². The first-order chi connectivity index (χ1) is 10.3. The molecule has 3 N–H and O–H groups in total. The van der Waals surface area contributed by atoms with Crippen LogP contribution in [0, 0.1) is 0 Å². The highest BCUT2D eigenvalue weighted by Gasteiger charge is 2.06. The van der Waals surface area contributed by atoms with Crippen LogP contribution in [0.4, 0.5) is 5.69 Å². The fraction of sp³-hybridized carbons (Fsp3) is 0. The quantitative estimate of drug-likeness (QED) is 0.549. The highest BCUT2D eigenvalue weighted by molar-refractivity contribution is 5.80. The van der Waals surface area contributed by atoms with Gasteiger partial charge in [0.15, 0.2) is 0 Å². The number of imidazole rings is 1. The van der Waals surface area contributed by atoms with Gasteiger partial charge in [-0.1, -0.05) is 18.2 Å². The maximum Gasteiger partial charge on any atom is 0.300 e. The lowest BCUT2D eigenvalue weighted by molar-refractivity contribution is 0.448. The van der Waals surface area contributed by atoms with Crippen molar-refractivity contribution in [1.82, 2.24) is 15.0 Å². The van der Waals surface area contributed by atoms with E-state index in [0.29, 0.717) is 17.4 Å². The largest absolute Gasteiger partial charge is 0.424 e. The minimum absolute atomic E-state index is 0.424. The predicted molar refractivity (Wildman–Crippen MR) is 82.3 cm³/mol. The Morgan fingerprint density at radius 2 is 1.90 bits per heavy atom. The number of nitrogen functional groups attached to an aromatic ring is 1. The van der Waals surface area contributed by atoms with Crippen LogP contribution in [0.5, 0.6) is 11.8 Å². The van der Waals surface area contributed by atoms with Gasteiger partial charge in [-0.25, -0.2) is 0 Å². The number of aromatic amines is 1. The van der Waals surface area contributed by atoms with Crippen LogP contribution in [0.2, 0.25) is 0 Å². The number of H-pyrrole nitrogens is 1. The lowest BCUT2D eigenvalue weighted by atomic mass is 10.2. The summed E-state index contributed by atoms with van der Waals surface area (Å²) in [6.07, 6.45) is 1.68. The molecule has 0 bridgehead atoms. The van der Waals surface area contributed by atoms with Crippen LogP contribution in [0.15, 0.2) is 54.7 Å².